The van der Waals surface area contributed by atoms with Crippen LogP contribution in [0.1, 0.15) is 16.8 Å². The van der Waals surface area contributed by atoms with E-state index in [9.17, 15) is 0 Å². The van der Waals surface area contributed by atoms with Crippen LogP contribution in [0.4, 0.5) is 0 Å². The first-order valence-electron chi connectivity index (χ1n) is 7.20. The number of aryl methyl sites for hydroxylation is 2. The van der Waals surface area contributed by atoms with Gasteiger partial charge in [0, 0.05) is 31.3 Å². The fourth-order valence-corrected chi connectivity index (χ4v) is 2.74. The number of nitrogens with zero attached hydrogens (tertiary/aromatic N) is 2. The van der Waals surface area contributed by atoms with E-state index in [1.165, 1.54) is 0 Å². The molecule has 0 saturated carbocycles. The maximum atomic E-state index is 6.24. The molecule has 6 nitrogen and oxygen atoms in total. The number of nitrogens with one attached hydrogen (secondary N) is 1. The number of benzene rings is 1. The molecule has 1 aromatic heterocycles. The SMILES string of the molecule is COc1ccc(CNCc2c(C)nn(C)c2Cl)c(OC)c1OC. The maximum absolute atomic E-state index is 6.24. The lowest BCUT2D eigenvalue weighted by Gasteiger charge is -2.16. The minimum absolute atomic E-state index is 0.588. The Hall–Kier alpha value is -1.92. The molecular formula is C16H22ClN3O3. The molecule has 0 saturated heterocycles. The van der Waals surface area contributed by atoms with Crippen LogP contribution in [0.3, 0.4) is 0 Å². The van der Waals surface area contributed by atoms with Crippen molar-refractivity contribution >= 4 is 11.6 Å². The molecule has 0 bridgehead atoms. The van der Waals surface area contributed by atoms with Gasteiger partial charge in [0.2, 0.25) is 5.75 Å². The molecule has 0 aliphatic heterocycles. The highest BCUT2D eigenvalue weighted by Gasteiger charge is 2.16. The minimum Gasteiger partial charge on any atom is -0.493 e. The first kappa shape index (κ1) is 17.4. The summed E-state index contributed by atoms with van der Waals surface area (Å²) >= 11 is 6.24. The van der Waals surface area contributed by atoms with Crippen LogP contribution in [0.5, 0.6) is 17.2 Å². The van der Waals surface area contributed by atoms with Crippen molar-refractivity contribution < 1.29 is 14.2 Å². The Labute approximate surface area is 141 Å². The number of methoxy groups -OCH3 is 3. The van der Waals surface area contributed by atoms with Gasteiger partial charge in [-0.3, -0.25) is 4.68 Å². The molecule has 1 aromatic carbocycles. The van der Waals surface area contributed by atoms with Crippen LogP contribution in [0.2, 0.25) is 5.15 Å². The summed E-state index contributed by atoms with van der Waals surface area (Å²) in [5, 5.41) is 8.31. The topological polar surface area (TPSA) is 57.5 Å². The third-order valence-electron chi connectivity index (χ3n) is 3.67. The number of hydrogen-bond donors (Lipinski definition) is 1. The Bertz CT molecular complexity index is 686. The molecule has 7 heteroatoms. The summed E-state index contributed by atoms with van der Waals surface area (Å²) in [6.45, 7) is 3.17. The van der Waals surface area contributed by atoms with Gasteiger partial charge in [-0.2, -0.15) is 5.10 Å². The van der Waals surface area contributed by atoms with E-state index in [2.05, 4.69) is 10.4 Å². The van der Waals surface area contributed by atoms with E-state index in [0.717, 1.165) is 16.8 Å². The van der Waals surface area contributed by atoms with Crippen LogP contribution < -0.4 is 19.5 Å². The number of hydrogen-bond acceptors (Lipinski definition) is 5. The van der Waals surface area contributed by atoms with Gasteiger partial charge in [-0.05, 0) is 13.0 Å². The lowest BCUT2D eigenvalue weighted by atomic mass is 10.1. The lowest BCUT2D eigenvalue weighted by molar-refractivity contribution is 0.321. The van der Waals surface area contributed by atoms with Crippen LogP contribution in [-0.4, -0.2) is 31.1 Å². The van der Waals surface area contributed by atoms with Crippen molar-refractivity contribution in [2.45, 2.75) is 20.0 Å². The Kier molecular flexibility index (Phi) is 5.74. The molecule has 2 aromatic rings. The molecule has 1 heterocycles. The summed E-state index contributed by atoms with van der Waals surface area (Å²) in [5.74, 6) is 1.89. The quantitative estimate of drug-likeness (QED) is 0.840. The summed E-state index contributed by atoms with van der Waals surface area (Å²) in [4.78, 5) is 0. The molecule has 126 valence electrons. The summed E-state index contributed by atoms with van der Waals surface area (Å²) in [5.41, 5.74) is 2.89. The highest BCUT2D eigenvalue weighted by Crippen LogP contribution is 2.39. The van der Waals surface area contributed by atoms with E-state index in [1.54, 1.807) is 26.0 Å². The number of ether oxygens (including phenoxy) is 3. The van der Waals surface area contributed by atoms with Gasteiger partial charge in [0.1, 0.15) is 5.15 Å². The largest absolute Gasteiger partial charge is 0.493 e. The van der Waals surface area contributed by atoms with Crippen LogP contribution >= 0.6 is 11.6 Å². The van der Waals surface area contributed by atoms with E-state index >= 15 is 0 Å². The average molecular weight is 340 g/mol. The van der Waals surface area contributed by atoms with Crippen molar-refractivity contribution in [1.82, 2.24) is 15.1 Å². The van der Waals surface area contributed by atoms with Crippen molar-refractivity contribution in [2.75, 3.05) is 21.3 Å². The van der Waals surface area contributed by atoms with E-state index in [0.29, 0.717) is 35.5 Å². The average Bonchev–Trinajstić information content (AvgIpc) is 2.79. The van der Waals surface area contributed by atoms with Crippen LogP contribution in [-0.2, 0) is 20.1 Å². The summed E-state index contributed by atoms with van der Waals surface area (Å²) in [6, 6.07) is 3.81. The molecular weight excluding hydrogens is 318 g/mol. The highest BCUT2D eigenvalue weighted by atomic mass is 35.5. The number of aromatic nitrogens is 2. The molecule has 0 aliphatic carbocycles. The molecule has 0 amide bonds. The Morgan fingerprint density at radius 2 is 1.78 bits per heavy atom. The first-order valence-corrected chi connectivity index (χ1v) is 7.57. The molecule has 0 unspecified atom stereocenters. The smallest absolute Gasteiger partial charge is 0.203 e. The predicted molar refractivity (Wildman–Crippen MR) is 89.6 cm³/mol. The standard InChI is InChI=1S/C16H22ClN3O3/c1-10-12(16(17)20(2)19-10)9-18-8-11-6-7-13(21-3)15(23-5)14(11)22-4/h6-7,18H,8-9H2,1-5H3. The van der Waals surface area contributed by atoms with E-state index in [-0.39, 0.29) is 0 Å². The molecule has 23 heavy (non-hydrogen) atoms. The van der Waals surface area contributed by atoms with Crippen LogP contribution in [0, 0.1) is 6.92 Å². The Balaban J connectivity index is 2.14. The number of halogens is 1. The second-order valence-corrected chi connectivity index (χ2v) is 5.43. The van der Waals surface area contributed by atoms with Gasteiger partial charge in [0.15, 0.2) is 11.5 Å². The second-order valence-electron chi connectivity index (χ2n) is 5.08. The van der Waals surface area contributed by atoms with Gasteiger partial charge in [-0.1, -0.05) is 17.7 Å². The molecule has 0 radical (unpaired) electrons. The predicted octanol–water partition coefficient (Wildman–Crippen LogP) is 2.70. The van der Waals surface area contributed by atoms with E-state index in [1.807, 2.05) is 26.1 Å². The second kappa shape index (κ2) is 7.57. The molecule has 0 atom stereocenters. The van der Waals surface area contributed by atoms with Gasteiger partial charge in [0.25, 0.3) is 0 Å². The summed E-state index contributed by atoms with van der Waals surface area (Å²) < 4.78 is 17.8. The van der Waals surface area contributed by atoms with Gasteiger partial charge >= 0.3 is 0 Å². The van der Waals surface area contributed by atoms with Gasteiger partial charge < -0.3 is 19.5 Å². The van der Waals surface area contributed by atoms with Crippen molar-refractivity contribution in [3.8, 4) is 17.2 Å². The highest BCUT2D eigenvalue weighted by molar-refractivity contribution is 6.30. The van der Waals surface area contributed by atoms with Gasteiger partial charge in [0.05, 0.1) is 27.0 Å². The lowest BCUT2D eigenvalue weighted by Crippen LogP contribution is -2.14. The zero-order chi connectivity index (χ0) is 17.0. The third kappa shape index (κ3) is 3.54. The minimum atomic E-state index is 0.588. The van der Waals surface area contributed by atoms with E-state index in [4.69, 9.17) is 25.8 Å². The van der Waals surface area contributed by atoms with Gasteiger partial charge in [-0.25, -0.2) is 0 Å². The molecule has 2 rings (SSSR count). The molecule has 0 aliphatic rings. The normalized spacial score (nSPS) is 10.7. The summed E-state index contributed by atoms with van der Waals surface area (Å²) in [7, 11) is 6.64. The van der Waals surface area contributed by atoms with Crippen molar-refractivity contribution in [3.63, 3.8) is 0 Å². The fraction of sp³-hybridized carbons (Fsp3) is 0.438. The van der Waals surface area contributed by atoms with E-state index < -0.39 is 0 Å². The van der Waals surface area contributed by atoms with Crippen molar-refractivity contribution in [3.05, 3.63) is 34.1 Å². The van der Waals surface area contributed by atoms with Crippen LogP contribution in [0.25, 0.3) is 0 Å². The molecule has 1 N–H and O–H groups in total. The fourth-order valence-electron chi connectivity index (χ4n) is 2.50. The molecule has 0 fully saturated rings. The molecule has 0 spiro atoms. The van der Waals surface area contributed by atoms with Crippen LogP contribution in [0.15, 0.2) is 12.1 Å². The number of rotatable bonds is 7. The van der Waals surface area contributed by atoms with Crippen molar-refractivity contribution in [2.24, 2.45) is 7.05 Å². The van der Waals surface area contributed by atoms with Gasteiger partial charge in [-0.15, -0.1) is 0 Å². The Morgan fingerprint density at radius 1 is 1.09 bits per heavy atom. The summed E-state index contributed by atoms with van der Waals surface area (Å²) in [6.07, 6.45) is 0. The Morgan fingerprint density at radius 3 is 2.30 bits per heavy atom. The zero-order valence-corrected chi connectivity index (χ0v) is 14.8. The monoisotopic (exact) mass is 339 g/mol. The maximum Gasteiger partial charge on any atom is 0.203 e. The van der Waals surface area contributed by atoms with Crippen molar-refractivity contribution in [1.29, 1.82) is 0 Å². The third-order valence-corrected chi connectivity index (χ3v) is 4.15. The first-order chi connectivity index (χ1) is 11.0. The zero-order valence-electron chi connectivity index (χ0n) is 14.1.